The first-order chi connectivity index (χ1) is 6.47. The second kappa shape index (κ2) is 2.97. The van der Waals surface area contributed by atoms with Crippen LogP contribution in [0.3, 0.4) is 0 Å². The summed E-state index contributed by atoms with van der Waals surface area (Å²) in [5.74, 6) is -0.864. The van der Waals surface area contributed by atoms with Gasteiger partial charge in [-0.2, -0.15) is 13.2 Å². The van der Waals surface area contributed by atoms with E-state index >= 15 is 0 Å². The highest BCUT2D eigenvalue weighted by molar-refractivity contribution is 9.07. The Morgan fingerprint density at radius 3 is 2.71 bits per heavy atom. The quantitative estimate of drug-likeness (QED) is 0.674. The van der Waals surface area contributed by atoms with E-state index in [0.29, 0.717) is 0 Å². The molecule has 8 heteroatoms. The third kappa shape index (κ3) is 1.61. The zero-order chi connectivity index (χ0) is 10.3. The Balaban J connectivity index is 2.39. The Morgan fingerprint density at radius 2 is 2.07 bits per heavy atom. The molecule has 0 aliphatic carbocycles. The van der Waals surface area contributed by atoms with Crippen molar-refractivity contribution in [2.75, 3.05) is 0 Å². The van der Waals surface area contributed by atoms with Crippen molar-refractivity contribution in [2.24, 2.45) is 0 Å². The summed E-state index contributed by atoms with van der Waals surface area (Å²) in [6.45, 7) is 0.250. The van der Waals surface area contributed by atoms with Gasteiger partial charge < -0.3 is 3.93 Å². The van der Waals surface area contributed by atoms with Crippen LogP contribution in [0.25, 0.3) is 6.20 Å². The SMILES string of the molecule is FC(F)(F)c1nc2n(n1)C=CN(Br)C2. The zero-order valence-electron chi connectivity index (χ0n) is 6.66. The summed E-state index contributed by atoms with van der Waals surface area (Å²) < 4.78 is 39.2. The molecule has 0 saturated heterocycles. The van der Waals surface area contributed by atoms with Crippen molar-refractivity contribution in [1.82, 2.24) is 18.7 Å². The number of nitrogens with zero attached hydrogens (tertiary/aromatic N) is 4. The normalized spacial score (nSPS) is 15.9. The molecule has 14 heavy (non-hydrogen) atoms. The van der Waals surface area contributed by atoms with Crippen molar-refractivity contribution in [3.8, 4) is 0 Å². The Kier molecular flexibility index (Phi) is 2.02. The van der Waals surface area contributed by atoms with E-state index < -0.39 is 12.0 Å². The second-order valence-electron chi connectivity index (χ2n) is 2.65. The molecule has 0 N–H and O–H groups in total. The Bertz CT molecular complexity index is 383. The topological polar surface area (TPSA) is 34.0 Å². The molecule has 0 atom stereocenters. The summed E-state index contributed by atoms with van der Waals surface area (Å²) in [6.07, 6.45) is -1.53. The van der Waals surface area contributed by atoms with E-state index in [2.05, 4.69) is 26.2 Å². The predicted octanol–water partition coefficient (Wildman–Crippen LogP) is 1.85. The standard InChI is InChI=1S/C6H4BrF3N4/c7-13-1-2-14-4(3-13)11-5(12-14)6(8,9)10/h1-2H,3H2. The van der Waals surface area contributed by atoms with Crippen LogP contribution in [0.4, 0.5) is 13.2 Å². The van der Waals surface area contributed by atoms with Gasteiger partial charge in [0.2, 0.25) is 0 Å². The maximum absolute atomic E-state index is 12.2. The monoisotopic (exact) mass is 268 g/mol. The number of halogens is 4. The fourth-order valence-electron chi connectivity index (χ4n) is 1.03. The molecule has 1 aliphatic heterocycles. The molecule has 0 amide bonds. The van der Waals surface area contributed by atoms with Gasteiger partial charge >= 0.3 is 6.18 Å². The fourth-order valence-corrected chi connectivity index (χ4v) is 1.36. The molecule has 0 fully saturated rings. The summed E-state index contributed by atoms with van der Waals surface area (Å²) in [4.78, 5) is 3.38. The van der Waals surface area contributed by atoms with Crippen LogP contribution in [0.2, 0.25) is 0 Å². The number of alkyl halides is 3. The molecule has 2 rings (SSSR count). The van der Waals surface area contributed by atoms with Gasteiger partial charge in [-0.3, -0.25) is 0 Å². The third-order valence-corrected chi connectivity index (χ3v) is 2.10. The first-order valence-electron chi connectivity index (χ1n) is 3.60. The maximum Gasteiger partial charge on any atom is 0.453 e. The average molecular weight is 269 g/mol. The molecule has 0 spiro atoms. The first-order valence-corrected chi connectivity index (χ1v) is 4.31. The van der Waals surface area contributed by atoms with Crippen molar-refractivity contribution in [1.29, 1.82) is 0 Å². The van der Waals surface area contributed by atoms with Crippen molar-refractivity contribution >= 4 is 22.3 Å². The molecule has 1 aliphatic rings. The minimum absolute atomic E-state index is 0.247. The highest BCUT2D eigenvalue weighted by atomic mass is 79.9. The average Bonchev–Trinajstić information content (AvgIpc) is 2.45. The molecule has 2 heterocycles. The summed E-state index contributed by atoms with van der Waals surface area (Å²) in [5.41, 5.74) is 0. The Labute approximate surface area is 85.4 Å². The molecule has 0 saturated carbocycles. The molecule has 0 unspecified atom stereocenters. The molecule has 1 aromatic heterocycles. The number of rotatable bonds is 0. The van der Waals surface area contributed by atoms with E-state index in [1.807, 2.05) is 0 Å². The molecule has 0 bridgehead atoms. The van der Waals surface area contributed by atoms with Gasteiger partial charge in [0.05, 0.1) is 6.54 Å². The van der Waals surface area contributed by atoms with E-state index in [4.69, 9.17) is 0 Å². The molecule has 4 nitrogen and oxygen atoms in total. The van der Waals surface area contributed by atoms with Crippen molar-refractivity contribution in [2.45, 2.75) is 12.7 Å². The van der Waals surface area contributed by atoms with Crippen LogP contribution in [0.1, 0.15) is 11.6 Å². The molecule has 0 radical (unpaired) electrons. The maximum atomic E-state index is 12.2. The van der Waals surface area contributed by atoms with Gasteiger partial charge in [-0.15, -0.1) is 5.10 Å². The van der Waals surface area contributed by atoms with Crippen LogP contribution in [-0.4, -0.2) is 18.7 Å². The molecule has 1 aromatic rings. The Morgan fingerprint density at radius 1 is 1.36 bits per heavy atom. The van der Waals surface area contributed by atoms with E-state index in [1.165, 1.54) is 10.1 Å². The van der Waals surface area contributed by atoms with E-state index in [-0.39, 0.29) is 12.4 Å². The summed E-state index contributed by atoms with van der Waals surface area (Å²) in [6, 6.07) is 0. The third-order valence-electron chi connectivity index (χ3n) is 1.62. The van der Waals surface area contributed by atoms with Crippen molar-refractivity contribution < 1.29 is 13.2 Å². The lowest BCUT2D eigenvalue weighted by Crippen LogP contribution is -2.13. The molecular weight excluding hydrogens is 265 g/mol. The van der Waals surface area contributed by atoms with Gasteiger partial charge in [-0.1, -0.05) is 0 Å². The largest absolute Gasteiger partial charge is 0.453 e. The lowest BCUT2D eigenvalue weighted by molar-refractivity contribution is -0.144. The van der Waals surface area contributed by atoms with E-state index in [0.717, 1.165) is 4.68 Å². The lowest BCUT2D eigenvalue weighted by Gasteiger charge is -2.14. The lowest BCUT2D eigenvalue weighted by atomic mass is 10.5. The predicted molar refractivity (Wildman–Crippen MR) is 44.8 cm³/mol. The smallest absolute Gasteiger partial charge is 0.307 e. The number of hydrogen-bond acceptors (Lipinski definition) is 3. The summed E-state index contributed by atoms with van der Waals surface area (Å²) in [7, 11) is 0. The van der Waals surface area contributed by atoms with Crippen LogP contribution in [0, 0.1) is 0 Å². The minimum Gasteiger partial charge on any atom is -0.307 e. The molecule has 0 aromatic carbocycles. The van der Waals surface area contributed by atoms with Crippen molar-refractivity contribution in [3.05, 3.63) is 17.8 Å². The highest BCUT2D eigenvalue weighted by Gasteiger charge is 2.37. The van der Waals surface area contributed by atoms with Gasteiger partial charge in [0, 0.05) is 28.5 Å². The number of aromatic nitrogens is 3. The van der Waals surface area contributed by atoms with Gasteiger partial charge in [0.25, 0.3) is 5.82 Å². The van der Waals surface area contributed by atoms with E-state index in [9.17, 15) is 13.2 Å². The van der Waals surface area contributed by atoms with Crippen molar-refractivity contribution in [3.63, 3.8) is 0 Å². The van der Waals surface area contributed by atoms with Crippen LogP contribution >= 0.6 is 16.1 Å². The molecular formula is C6H4BrF3N4. The van der Waals surface area contributed by atoms with Gasteiger partial charge in [0.15, 0.2) is 5.82 Å². The van der Waals surface area contributed by atoms with Crippen LogP contribution < -0.4 is 0 Å². The number of hydrogen-bond donors (Lipinski definition) is 0. The minimum atomic E-state index is -4.49. The van der Waals surface area contributed by atoms with Crippen LogP contribution in [0.15, 0.2) is 6.20 Å². The van der Waals surface area contributed by atoms with E-state index in [1.54, 1.807) is 6.20 Å². The number of fused-ring (bicyclic) bond motifs is 1. The first kappa shape index (κ1) is 9.50. The van der Waals surface area contributed by atoms with Gasteiger partial charge in [0.1, 0.15) is 0 Å². The summed E-state index contributed by atoms with van der Waals surface area (Å²) in [5, 5.41) is 3.30. The highest BCUT2D eigenvalue weighted by Crippen LogP contribution is 2.27. The Hall–Kier alpha value is -1.05. The molecule has 76 valence electrons. The second-order valence-corrected chi connectivity index (χ2v) is 3.56. The zero-order valence-corrected chi connectivity index (χ0v) is 8.25. The summed E-state index contributed by atoms with van der Waals surface area (Å²) >= 11 is 3.10. The fraction of sp³-hybridized carbons (Fsp3) is 0.333. The van der Waals surface area contributed by atoms with Gasteiger partial charge in [-0.25, -0.2) is 9.67 Å². The van der Waals surface area contributed by atoms with Crippen LogP contribution in [-0.2, 0) is 12.7 Å². The van der Waals surface area contributed by atoms with Crippen LogP contribution in [0.5, 0.6) is 0 Å². The van der Waals surface area contributed by atoms with Gasteiger partial charge in [-0.05, 0) is 0 Å².